The van der Waals surface area contributed by atoms with Gasteiger partial charge in [-0.25, -0.2) is 8.78 Å². The molecule has 1 heterocycles. The molecule has 3 aromatic rings. The predicted molar refractivity (Wildman–Crippen MR) is 97.1 cm³/mol. The molecule has 0 aliphatic rings. The minimum absolute atomic E-state index is 0.0508. The van der Waals surface area contributed by atoms with Crippen LogP contribution in [-0.4, -0.2) is 16.5 Å². The Morgan fingerprint density at radius 2 is 1.46 bits per heavy atom. The number of nitrogens with zero attached hydrogens (tertiary/aromatic N) is 2. The number of hydrogen-bond donors (Lipinski definition) is 0. The number of hydrogen-bond acceptors (Lipinski definition) is 3. The van der Waals surface area contributed by atoms with Gasteiger partial charge in [0.05, 0.1) is 17.0 Å². The van der Waals surface area contributed by atoms with E-state index in [9.17, 15) is 13.6 Å². The van der Waals surface area contributed by atoms with Gasteiger partial charge in [0.15, 0.2) is 0 Å². The molecule has 0 unspecified atom stereocenters. The summed E-state index contributed by atoms with van der Waals surface area (Å²) < 4.78 is 29.5. The van der Waals surface area contributed by atoms with E-state index >= 15 is 0 Å². The summed E-state index contributed by atoms with van der Waals surface area (Å²) in [6, 6.07) is 9.30. The highest BCUT2D eigenvalue weighted by Gasteiger charge is 2.22. The summed E-state index contributed by atoms with van der Waals surface area (Å²) in [5.41, 5.74) is 2.71. The van der Waals surface area contributed by atoms with E-state index in [-0.39, 0.29) is 17.5 Å². The first-order valence-corrected chi connectivity index (χ1v) is 8.32. The monoisotopic (exact) mass is 372 g/mol. The van der Waals surface area contributed by atoms with Crippen LogP contribution in [0.2, 0.25) is 5.02 Å². The van der Waals surface area contributed by atoms with E-state index in [1.54, 1.807) is 38.1 Å². The number of carbonyl (C=O) groups excluding carboxylic acids is 1. The van der Waals surface area contributed by atoms with E-state index in [0.717, 1.165) is 5.56 Å². The van der Waals surface area contributed by atoms with Crippen LogP contribution in [0, 0.1) is 25.5 Å². The number of aldehydes is 1. The average molecular weight is 373 g/mol. The molecule has 0 aliphatic heterocycles. The summed E-state index contributed by atoms with van der Waals surface area (Å²) >= 11 is 5.95. The summed E-state index contributed by atoms with van der Waals surface area (Å²) in [6.45, 7) is 3.38. The molecule has 0 aliphatic carbocycles. The maximum atomic E-state index is 14.8. The molecule has 0 bridgehead atoms. The number of halogens is 3. The van der Waals surface area contributed by atoms with E-state index < -0.39 is 11.6 Å². The lowest BCUT2D eigenvalue weighted by atomic mass is 9.91. The zero-order valence-corrected chi connectivity index (χ0v) is 14.9. The Hall–Kier alpha value is -2.66. The summed E-state index contributed by atoms with van der Waals surface area (Å²) in [7, 11) is 0. The molecule has 3 rings (SSSR count). The van der Waals surface area contributed by atoms with E-state index in [1.807, 2.05) is 0 Å². The number of aromatic nitrogens is 2. The summed E-state index contributed by atoms with van der Waals surface area (Å²) in [5.74, 6) is -1.49. The largest absolute Gasteiger partial charge is 0.303 e. The third-order valence-electron chi connectivity index (χ3n) is 4.13. The van der Waals surface area contributed by atoms with Crippen LogP contribution in [0.5, 0.6) is 0 Å². The Kier molecular flexibility index (Phi) is 5.09. The van der Waals surface area contributed by atoms with Crippen molar-refractivity contribution >= 4 is 17.9 Å². The van der Waals surface area contributed by atoms with Gasteiger partial charge in [0.1, 0.15) is 17.9 Å². The Balaban J connectivity index is 2.31. The number of benzene rings is 2. The first-order valence-electron chi connectivity index (χ1n) is 7.94. The van der Waals surface area contributed by atoms with Crippen LogP contribution in [-0.2, 0) is 11.2 Å². The second-order valence-electron chi connectivity index (χ2n) is 5.93. The highest BCUT2D eigenvalue weighted by atomic mass is 35.5. The molecule has 2 aromatic carbocycles. The number of rotatable bonds is 4. The summed E-state index contributed by atoms with van der Waals surface area (Å²) in [5, 5.41) is 8.69. The lowest BCUT2D eigenvalue weighted by molar-refractivity contribution is -0.107. The molecule has 6 heteroatoms. The van der Waals surface area contributed by atoms with Gasteiger partial charge in [-0.15, -0.1) is 0 Å². The summed E-state index contributed by atoms with van der Waals surface area (Å²) in [6.07, 6.45) is 0.557. The standard InChI is InChI=1S/C20H15ClF2N2O/c1-11-18(14-3-5-15(21)6-4-14)19(12(2)25-24-11)20-16(22)9-13(7-8-26)10-17(20)23/h3-6,8-10H,7H2,1-2H3. The maximum Gasteiger partial charge on any atom is 0.134 e. The fraction of sp³-hybridized carbons (Fsp3) is 0.150. The van der Waals surface area contributed by atoms with Crippen molar-refractivity contribution in [2.75, 3.05) is 0 Å². The smallest absolute Gasteiger partial charge is 0.134 e. The minimum atomic E-state index is -0.743. The number of carbonyl (C=O) groups is 1. The zero-order chi connectivity index (χ0) is 18.8. The lowest BCUT2D eigenvalue weighted by Crippen LogP contribution is -2.03. The Morgan fingerprint density at radius 3 is 2.00 bits per heavy atom. The molecule has 0 fully saturated rings. The van der Waals surface area contributed by atoms with Crippen LogP contribution in [0.4, 0.5) is 8.78 Å². The van der Waals surface area contributed by atoms with E-state index in [1.165, 1.54) is 12.1 Å². The third kappa shape index (κ3) is 3.35. The van der Waals surface area contributed by atoms with Gasteiger partial charge in [-0.05, 0) is 49.2 Å². The van der Waals surface area contributed by atoms with Crippen LogP contribution in [0.25, 0.3) is 22.3 Å². The van der Waals surface area contributed by atoms with Crippen molar-refractivity contribution in [2.45, 2.75) is 20.3 Å². The second kappa shape index (κ2) is 7.30. The van der Waals surface area contributed by atoms with Crippen LogP contribution in [0.15, 0.2) is 36.4 Å². The molecule has 3 nitrogen and oxygen atoms in total. The van der Waals surface area contributed by atoms with Crippen molar-refractivity contribution in [3.63, 3.8) is 0 Å². The fourth-order valence-corrected chi connectivity index (χ4v) is 3.09. The Bertz CT molecular complexity index is 965. The van der Waals surface area contributed by atoms with E-state index in [2.05, 4.69) is 10.2 Å². The molecular formula is C20H15ClF2N2O. The van der Waals surface area contributed by atoms with Crippen molar-refractivity contribution < 1.29 is 13.6 Å². The van der Waals surface area contributed by atoms with Gasteiger partial charge in [0, 0.05) is 22.6 Å². The SMILES string of the molecule is Cc1nnc(C)c(-c2c(F)cc(CC=O)cc2F)c1-c1ccc(Cl)cc1. The zero-order valence-electron chi connectivity index (χ0n) is 14.2. The predicted octanol–water partition coefficient (Wildman–Crippen LogP) is 5.10. The summed E-state index contributed by atoms with van der Waals surface area (Å²) in [4.78, 5) is 10.6. The molecular weight excluding hydrogens is 358 g/mol. The van der Waals surface area contributed by atoms with E-state index in [0.29, 0.717) is 33.8 Å². The highest BCUT2D eigenvalue weighted by molar-refractivity contribution is 6.30. The topological polar surface area (TPSA) is 42.9 Å². The minimum Gasteiger partial charge on any atom is -0.303 e. The fourth-order valence-electron chi connectivity index (χ4n) is 2.97. The van der Waals surface area contributed by atoms with Crippen LogP contribution >= 0.6 is 11.6 Å². The first kappa shape index (κ1) is 18.1. The molecule has 0 saturated carbocycles. The lowest BCUT2D eigenvalue weighted by Gasteiger charge is -2.16. The molecule has 26 heavy (non-hydrogen) atoms. The Morgan fingerprint density at radius 1 is 0.923 bits per heavy atom. The van der Waals surface area contributed by atoms with Gasteiger partial charge >= 0.3 is 0 Å². The maximum absolute atomic E-state index is 14.8. The van der Waals surface area contributed by atoms with Gasteiger partial charge in [-0.3, -0.25) is 0 Å². The molecule has 0 atom stereocenters. The molecule has 0 saturated heterocycles. The number of aryl methyl sites for hydroxylation is 2. The van der Waals surface area contributed by atoms with Gasteiger partial charge in [0.2, 0.25) is 0 Å². The van der Waals surface area contributed by atoms with Gasteiger partial charge in [-0.1, -0.05) is 23.7 Å². The third-order valence-corrected chi connectivity index (χ3v) is 4.38. The van der Waals surface area contributed by atoms with E-state index in [4.69, 9.17) is 11.6 Å². The first-order chi connectivity index (χ1) is 12.4. The quantitative estimate of drug-likeness (QED) is 0.598. The van der Waals surface area contributed by atoms with Crippen LogP contribution in [0.3, 0.4) is 0 Å². The Labute approximate surface area is 154 Å². The van der Waals surface area contributed by atoms with Crippen LogP contribution in [0.1, 0.15) is 17.0 Å². The highest BCUT2D eigenvalue weighted by Crippen LogP contribution is 2.38. The average Bonchev–Trinajstić information content (AvgIpc) is 2.59. The molecule has 1 aromatic heterocycles. The molecule has 0 spiro atoms. The van der Waals surface area contributed by atoms with Gasteiger partial charge < -0.3 is 4.79 Å². The van der Waals surface area contributed by atoms with Crippen molar-refractivity contribution in [1.82, 2.24) is 10.2 Å². The van der Waals surface area contributed by atoms with Crippen LogP contribution < -0.4 is 0 Å². The molecule has 0 radical (unpaired) electrons. The van der Waals surface area contributed by atoms with Crippen molar-refractivity contribution in [3.05, 3.63) is 70.0 Å². The normalized spacial score (nSPS) is 10.8. The molecule has 0 N–H and O–H groups in total. The molecule has 132 valence electrons. The molecule has 0 amide bonds. The second-order valence-corrected chi connectivity index (χ2v) is 6.37. The van der Waals surface area contributed by atoms with Gasteiger partial charge in [0.25, 0.3) is 0 Å². The van der Waals surface area contributed by atoms with Crippen molar-refractivity contribution in [2.24, 2.45) is 0 Å². The van der Waals surface area contributed by atoms with Crippen molar-refractivity contribution in [1.29, 1.82) is 0 Å². The van der Waals surface area contributed by atoms with Crippen molar-refractivity contribution in [3.8, 4) is 22.3 Å². The van der Waals surface area contributed by atoms with Gasteiger partial charge in [-0.2, -0.15) is 10.2 Å².